The Bertz CT molecular complexity index is 830. The number of halogens is 1. The molecule has 0 bridgehead atoms. The highest BCUT2D eigenvalue weighted by Crippen LogP contribution is 2.13. The lowest BCUT2D eigenvalue weighted by Gasteiger charge is -2.08. The number of nitrogens with one attached hydrogen (secondary N) is 2. The van der Waals surface area contributed by atoms with Gasteiger partial charge in [0.05, 0.1) is 0 Å². The molecule has 7 heteroatoms. The molecule has 0 aliphatic heterocycles. The van der Waals surface area contributed by atoms with E-state index in [0.717, 1.165) is 11.1 Å². The first kappa shape index (κ1) is 21.1. The molecule has 6 nitrogen and oxygen atoms in total. The third kappa shape index (κ3) is 7.57. The number of esters is 1. The molecule has 0 aromatic heterocycles. The van der Waals surface area contributed by atoms with Crippen LogP contribution in [0.2, 0.25) is 0 Å². The Kier molecular flexibility index (Phi) is 7.68. The quantitative estimate of drug-likeness (QED) is 0.677. The Morgan fingerprint density at radius 3 is 2.11 bits per heavy atom. The van der Waals surface area contributed by atoms with E-state index in [1.807, 2.05) is 32.0 Å². The van der Waals surface area contributed by atoms with Crippen LogP contribution >= 0.6 is 0 Å². The van der Waals surface area contributed by atoms with Gasteiger partial charge in [-0.2, -0.15) is 0 Å². The Morgan fingerprint density at radius 2 is 1.46 bits per heavy atom. The van der Waals surface area contributed by atoms with Crippen LogP contribution in [0, 0.1) is 19.7 Å². The zero-order valence-corrected chi connectivity index (χ0v) is 15.9. The predicted molar refractivity (Wildman–Crippen MR) is 104 cm³/mol. The zero-order valence-electron chi connectivity index (χ0n) is 15.9. The summed E-state index contributed by atoms with van der Waals surface area (Å²) in [6.45, 7) is 3.47. The summed E-state index contributed by atoms with van der Waals surface area (Å²) >= 11 is 0. The second-order valence-electron chi connectivity index (χ2n) is 6.49. The van der Waals surface area contributed by atoms with Gasteiger partial charge in [0.2, 0.25) is 5.91 Å². The van der Waals surface area contributed by atoms with E-state index in [0.29, 0.717) is 11.4 Å². The molecule has 2 aromatic carbocycles. The molecule has 0 saturated carbocycles. The van der Waals surface area contributed by atoms with Crippen LogP contribution in [0.25, 0.3) is 0 Å². The average Bonchev–Trinajstić information content (AvgIpc) is 2.61. The van der Waals surface area contributed by atoms with Gasteiger partial charge in [0.1, 0.15) is 5.82 Å². The Labute approximate surface area is 163 Å². The summed E-state index contributed by atoms with van der Waals surface area (Å²) in [5, 5.41) is 5.29. The minimum absolute atomic E-state index is 0.0215. The van der Waals surface area contributed by atoms with Gasteiger partial charge in [-0.1, -0.05) is 6.07 Å². The van der Waals surface area contributed by atoms with Crippen molar-refractivity contribution in [2.45, 2.75) is 33.1 Å². The number of anilines is 2. The number of amides is 2. The number of rotatable bonds is 8. The lowest BCUT2D eigenvalue weighted by molar-refractivity contribution is -0.147. The van der Waals surface area contributed by atoms with Crippen molar-refractivity contribution in [3.8, 4) is 0 Å². The molecule has 2 aromatic rings. The Hall–Kier alpha value is -3.22. The number of hydrogen-bond donors (Lipinski definition) is 2. The average molecular weight is 386 g/mol. The van der Waals surface area contributed by atoms with Crippen molar-refractivity contribution in [3.63, 3.8) is 0 Å². The second kappa shape index (κ2) is 10.2. The van der Waals surface area contributed by atoms with Crippen molar-refractivity contribution in [1.29, 1.82) is 0 Å². The summed E-state index contributed by atoms with van der Waals surface area (Å²) in [6, 6.07) is 11.0. The third-order valence-electron chi connectivity index (χ3n) is 3.78. The van der Waals surface area contributed by atoms with Gasteiger partial charge >= 0.3 is 5.97 Å². The molecule has 28 heavy (non-hydrogen) atoms. The third-order valence-corrected chi connectivity index (χ3v) is 3.78. The molecule has 2 rings (SSSR count). The molecular formula is C21H23FN2O4. The fourth-order valence-electron chi connectivity index (χ4n) is 2.61. The van der Waals surface area contributed by atoms with Gasteiger partial charge in [-0.05, 0) is 67.8 Å². The number of carbonyl (C=O) groups excluding carboxylic acids is 3. The minimum atomic E-state index is -0.551. The van der Waals surface area contributed by atoms with E-state index in [1.165, 1.54) is 24.3 Å². The van der Waals surface area contributed by atoms with Crippen LogP contribution in [0.5, 0.6) is 0 Å². The molecule has 0 radical (unpaired) electrons. The highest BCUT2D eigenvalue weighted by atomic mass is 19.1. The molecule has 0 aliphatic carbocycles. The molecule has 2 amide bonds. The van der Waals surface area contributed by atoms with Crippen LogP contribution in [-0.4, -0.2) is 24.4 Å². The van der Waals surface area contributed by atoms with E-state index in [-0.39, 0.29) is 37.6 Å². The van der Waals surface area contributed by atoms with Crippen LogP contribution < -0.4 is 10.6 Å². The monoisotopic (exact) mass is 386 g/mol. The summed E-state index contributed by atoms with van der Waals surface area (Å²) in [6.07, 6.45) is 0.416. The first-order chi connectivity index (χ1) is 13.3. The predicted octanol–water partition coefficient (Wildman–Crippen LogP) is 3.73. The van der Waals surface area contributed by atoms with Crippen LogP contribution in [0.15, 0.2) is 42.5 Å². The van der Waals surface area contributed by atoms with Gasteiger partial charge in [0.25, 0.3) is 5.91 Å². The fourth-order valence-corrected chi connectivity index (χ4v) is 2.61. The molecular weight excluding hydrogens is 363 g/mol. The Balaban J connectivity index is 1.64. The first-order valence-electron chi connectivity index (χ1n) is 8.91. The summed E-state index contributed by atoms with van der Waals surface area (Å²) in [5.41, 5.74) is 3.17. The maximum atomic E-state index is 12.8. The largest absolute Gasteiger partial charge is 0.456 e. The van der Waals surface area contributed by atoms with Crippen LogP contribution in [0.4, 0.5) is 15.8 Å². The van der Waals surface area contributed by atoms with Gasteiger partial charge in [-0.25, -0.2) is 4.39 Å². The van der Waals surface area contributed by atoms with Gasteiger partial charge < -0.3 is 15.4 Å². The molecule has 2 N–H and O–H groups in total. The second-order valence-corrected chi connectivity index (χ2v) is 6.49. The molecule has 0 heterocycles. The van der Waals surface area contributed by atoms with Gasteiger partial charge in [-0.3, -0.25) is 14.4 Å². The summed E-state index contributed by atoms with van der Waals surface area (Å²) in [7, 11) is 0. The van der Waals surface area contributed by atoms with Crippen LogP contribution in [-0.2, 0) is 19.1 Å². The number of carbonyl (C=O) groups is 3. The van der Waals surface area contributed by atoms with Crippen molar-refractivity contribution in [2.75, 3.05) is 17.2 Å². The van der Waals surface area contributed by atoms with Crippen LogP contribution in [0.3, 0.4) is 0 Å². The fraction of sp³-hybridized carbons (Fsp3) is 0.286. The normalized spacial score (nSPS) is 10.2. The van der Waals surface area contributed by atoms with E-state index < -0.39 is 11.9 Å². The minimum Gasteiger partial charge on any atom is -0.456 e. The van der Waals surface area contributed by atoms with E-state index in [9.17, 15) is 18.8 Å². The number of benzene rings is 2. The lowest BCUT2D eigenvalue weighted by atomic mass is 10.1. The van der Waals surface area contributed by atoms with E-state index in [1.54, 1.807) is 0 Å². The van der Waals surface area contributed by atoms with Crippen molar-refractivity contribution < 1.29 is 23.5 Å². The van der Waals surface area contributed by atoms with Crippen molar-refractivity contribution in [1.82, 2.24) is 0 Å². The lowest BCUT2D eigenvalue weighted by Crippen LogP contribution is -2.21. The molecule has 0 aliphatic rings. The first-order valence-corrected chi connectivity index (χ1v) is 8.91. The summed E-state index contributed by atoms with van der Waals surface area (Å²) in [4.78, 5) is 35.4. The van der Waals surface area contributed by atoms with E-state index in [4.69, 9.17) is 4.74 Å². The van der Waals surface area contributed by atoms with E-state index >= 15 is 0 Å². The Morgan fingerprint density at radius 1 is 0.857 bits per heavy atom. The highest BCUT2D eigenvalue weighted by molar-refractivity contribution is 5.93. The maximum Gasteiger partial charge on any atom is 0.306 e. The molecule has 0 saturated heterocycles. The summed E-state index contributed by atoms with van der Waals surface area (Å²) in [5.74, 6) is -1.65. The molecule has 148 valence electrons. The van der Waals surface area contributed by atoms with Gasteiger partial charge in [0.15, 0.2) is 6.61 Å². The number of ether oxygens (including phenoxy) is 1. The standard InChI is InChI=1S/C21H23FN2O4/c1-14-10-15(2)12-18(11-14)24-20(26)13-28-21(27)5-3-4-19(25)23-17-8-6-16(22)7-9-17/h6-12H,3-5,13H2,1-2H3,(H,23,25)(H,24,26). The van der Waals surface area contributed by atoms with Crippen molar-refractivity contribution in [2.24, 2.45) is 0 Å². The maximum absolute atomic E-state index is 12.8. The molecule has 0 unspecified atom stereocenters. The topological polar surface area (TPSA) is 84.5 Å². The van der Waals surface area contributed by atoms with Gasteiger partial charge in [0, 0.05) is 24.2 Å². The molecule has 0 fully saturated rings. The molecule has 0 atom stereocenters. The molecule has 0 spiro atoms. The van der Waals surface area contributed by atoms with Gasteiger partial charge in [-0.15, -0.1) is 0 Å². The van der Waals surface area contributed by atoms with Crippen LogP contribution in [0.1, 0.15) is 30.4 Å². The van der Waals surface area contributed by atoms with Crippen molar-refractivity contribution >= 4 is 29.2 Å². The SMILES string of the molecule is Cc1cc(C)cc(NC(=O)COC(=O)CCCC(=O)Nc2ccc(F)cc2)c1. The summed E-state index contributed by atoms with van der Waals surface area (Å²) < 4.78 is 17.7. The zero-order chi connectivity index (χ0) is 20.5. The van der Waals surface area contributed by atoms with E-state index in [2.05, 4.69) is 10.6 Å². The number of aryl methyl sites for hydroxylation is 2. The smallest absolute Gasteiger partial charge is 0.306 e. The number of hydrogen-bond acceptors (Lipinski definition) is 4. The highest BCUT2D eigenvalue weighted by Gasteiger charge is 2.10. The van der Waals surface area contributed by atoms with Crippen molar-refractivity contribution in [3.05, 3.63) is 59.4 Å².